The Balaban J connectivity index is 1.25. The number of imide groups is 1. The maximum Gasteiger partial charge on any atom is 0.268 e. The summed E-state index contributed by atoms with van der Waals surface area (Å²) >= 11 is 0. The van der Waals surface area contributed by atoms with E-state index in [0.717, 1.165) is 66.3 Å². The molecule has 7 aromatic carbocycles. The summed E-state index contributed by atoms with van der Waals surface area (Å²) < 4.78 is 2.10. The van der Waals surface area contributed by atoms with Crippen LogP contribution >= 0.6 is 0 Å². The summed E-state index contributed by atoms with van der Waals surface area (Å²) in [4.78, 5) is 33.6. The molecule has 6 heteroatoms. The van der Waals surface area contributed by atoms with Gasteiger partial charge in [-0.25, -0.2) is 9.74 Å². The fourth-order valence-corrected chi connectivity index (χ4v) is 7.83. The zero-order chi connectivity index (χ0) is 37.1. The number of carbonyl (C=O) groups is 2. The highest BCUT2D eigenvalue weighted by molar-refractivity contribution is 6.35. The molecule has 0 bridgehead atoms. The van der Waals surface area contributed by atoms with Gasteiger partial charge in [-0.1, -0.05) is 103 Å². The van der Waals surface area contributed by atoms with Crippen molar-refractivity contribution in [2.75, 3.05) is 4.90 Å². The van der Waals surface area contributed by atoms with E-state index in [1.807, 2.05) is 117 Å². The SMILES string of the molecule is [C-]#[N+]c1ccc(-c2ccc3c4ccc(-c5ccc(C#N)cc5C)cc4n(-c4cccc5c4C(=O)N(c4ccc(-c6ccccc6)cc4)C5=O)c3c2)c(C)c1. The van der Waals surface area contributed by atoms with Gasteiger partial charge in [0.2, 0.25) is 0 Å². The molecule has 2 heterocycles. The molecule has 0 fully saturated rings. The number of fused-ring (bicyclic) bond motifs is 4. The molecule has 9 rings (SSSR count). The molecule has 0 unspecified atom stereocenters. The van der Waals surface area contributed by atoms with Crippen molar-refractivity contribution in [3.63, 3.8) is 0 Å². The largest absolute Gasteiger partial charge is 0.308 e. The fourth-order valence-electron chi connectivity index (χ4n) is 7.83. The lowest BCUT2D eigenvalue weighted by Crippen LogP contribution is -2.29. The zero-order valence-electron chi connectivity index (χ0n) is 29.5. The Labute approximate surface area is 312 Å². The van der Waals surface area contributed by atoms with Gasteiger partial charge in [-0.3, -0.25) is 9.59 Å². The van der Waals surface area contributed by atoms with E-state index in [-0.39, 0.29) is 11.8 Å². The van der Waals surface area contributed by atoms with E-state index in [1.165, 1.54) is 4.90 Å². The van der Waals surface area contributed by atoms with Crippen LogP contribution in [0.2, 0.25) is 0 Å². The van der Waals surface area contributed by atoms with Crippen LogP contribution in [0.25, 0.3) is 65.7 Å². The lowest BCUT2D eigenvalue weighted by atomic mass is 9.97. The van der Waals surface area contributed by atoms with Crippen molar-refractivity contribution in [3.8, 4) is 45.1 Å². The normalized spacial score (nSPS) is 12.3. The van der Waals surface area contributed by atoms with Gasteiger partial charge in [0, 0.05) is 10.8 Å². The van der Waals surface area contributed by atoms with Gasteiger partial charge in [0.1, 0.15) is 0 Å². The molecule has 0 N–H and O–H groups in total. The number of nitriles is 1. The summed E-state index contributed by atoms with van der Waals surface area (Å²) in [6.07, 6.45) is 0. The second kappa shape index (κ2) is 12.6. The molecule has 0 spiro atoms. The van der Waals surface area contributed by atoms with Crippen LogP contribution in [0.3, 0.4) is 0 Å². The third-order valence-electron chi connectivity index (χ3n) is 10.5. The first-order valence-corrected chi connectivity index (χ1v) is 17.6. The van der Waals surface area contributed by atoms with Crippen molar-refractivity contribution in [1.29, 1.82) is 5.26 Å². The Bertz CT molecular complexity index is 2840. The molecule has 1 aliphatic heterocycles. The van der Waals surface area contributed by atoms with E-state index in [2.05, 4.69) is 51.9 Å². The summed E-state index contributed by atoms with van der Waals surface area (Å²) in [7, 11) is 0. The minimum Gasteiger partial charge on any atom is -0.308 e. The summed E-state index contributed by atoms with van der Waals surface area (Å²) in [5, 5.41) is 11.5. The van der Waals surface area contributed by atoms with Gasteiger partial charge < -0.3 is 4.57 Å². The molecule has 0 radical (unpaired) electrons. The van der Waals surface area contributed by atoms with E-state index < -0.39 is 0 Å². The number of rotatable bonds is 5. The molecule has 2 amide bonds. The van der Waals surface area contributed by atoms with Crippen LogP contribution in [0.5, 0.6) is 0 Å². The number of benzene rings is 7. The first-order chi connectivity index (χ1) is 26.3. The van der Waals surface area contributed by atoms with Crippen LogP contribution < -0.4 is 4.90 Å². The highest BCUT2D eigenvalue weighted by Crippen LogP contribution is 2.41. The van der Waals surface area contributed by atoms with E-state index in [1.54, 1.807) is 6.07 Å². The van der Waals surface area contributed by atoms with Crippen LogP contribution in [-0.4, -0.2) is 16.4 Å². The van der Waals surface area contributed by atoms with E-state index in [4.69, 9.17) is 6.57 Å². The summed E-state index contributed by atoms with van der Waals surface area (Å²) in [5.41, 5.74) is 12.7. The Kier molecular flexibility index (Phi) is 7.55. The second-order valence-electron chi connectivity index (χ2n) is 13.6. The molecule has 0 saturated carbocycles. The van der Waals surface area contributed by atoms with E-state index >= 15 is 0 Å². The molecule has 1 aliphatic rings. The number of carbonyl (C=O) groups excluding carboxylic acids is 2. The minimum atomic E-state index is -0.381. The van der Waals surface area contributed by atoms with Crippen LogP contribution in [-0.2, 0) is 0 Å². The number of amides is 2. The van der Waals surface area contributed by atoms with Crippen molar-refractivity contribution in [3.05, 3.63) is 185 Å². The Morgan fingerprint density at radius 2 is 1.19 bits per heavy atom. The number of aryl methyl sites for hydroxylation is 2. The molecular weight excluding hydrogens is 665 g/mol. The summed E-state index contributed by atoms with van der Waals surface area (Å²) in [5.74, 6) is -0.746. The molecule has 8 aromatic rings. The van der Waals surface area contributed by atoms with Gasteiger partial charge in [-0.2, -0.15) is 5.26 Å². The first-order valence-electron chi connectivity index (χ1n) is 17.6. The van der Waals surface area contributed by atoms with Gasteiger partial charge in [-0.05, 0) is 101 Å². The molecule has 6 nitrogen and oxygen atoms in total. The fraction of sp³-hybridized carbons (Fsp3) is 0.0417. The van der Waals surface area contributed by atoms with E-state index in [0.29, 0.717) is 33.8 Å². The van der Waals surface area contributed by atoms with Gasteiger partial charge >= 0.3 is 0 Å². The Hall–Kier alpha value is -7.54. The molecular formula is C48H30N4O2. The number of hydrogen-bond acceptors (Lipinski definition) is 3. The third kappa shape index (κ3) is 5.09. The summed E-state index contributed by atoms with van der Waals surface area (Å²) in [6.45, 7) is 11.5. The lowest BCUT2D eigenvalue weighted by Gasteiger charge is -2.16. The third-order valence-corrected chi connectivity index (χ3v) is 10.5. The lowest BCUT2D eigenvalue weighted by molar-refractivity contribution is 0.0926. The summed E-state index contributed by atoms with van der Waals surface area (Å²) in [6, 6.07) is 49.2. The monoisotopic (exact) mass is 694 g/mol. The molecule has 0 aliphatic carbocycles. The Morgan fingerprint density at radius 3 is 1.80 bits per heavy atom. The quantitative estimate of drug-likeness (QED) is 0.133. The zero-order valence-corrected chi connectivity index (χ0v) is 29.5. The topological polar surface area (TPSA) is 70.5 Å². The van der Waals surface area contributed by atoms with Crippen LogP contribution in [0.4, 0.5) is 11.4 Å². The molecule has 0 atom stereocenters. The molecule has 1 aromatic heterocycles. The average molecular weight is 695 g/mol. The van der Waals surface area contributed by atoms with Gasteiger partial charge in [0.15, 0.2) is 5.69 Å². The number of hydrogen-bond donors (Lipinski definition) is 0. The molecule has 0 saturated heterocycles. The molecule has 254 valence electrons. The van der Waals surface area contributed by atoms with Gasteiger partial charge in [-0.15, -0.1) is 0 Å². The first kappa shape index (κ1) is 32.4. The smallest absolute Gasteiger partial charge is 0.268 e. The van der Waals surface area contributed by atoms with Crippen LogP contribution in [0, 0.1) is 31.8 Å². The number of aromatic nitrogens is 1. The van der Waals surface area contributed by atoms with Crippen molar-refractivity contribution in [2.45, 2.75) is 13.8 Å². The highest BCUT2D eigenvalue weighted by atomic mass is 16.2. The van der Waals surface area contributed by atoms with Crippen molar-refractivity contribution >= 4 is 45.0 Å². The van der Waals surface area contributed by atoms with Gasteiger partial charge in [0.25, 0.3) is 11.8 Å². The minimum absolute atomic E-state index is 0.344. The van der Waals surface area contributed by atoms with Crippen molar-refractivity contribution in [1.82, 2.24) is 4.57 Å². The highest BCUT2D eigenvalue weighted by Gasteiger charge is 2.39. The predicted octanol–water partition coefficient (Wildman–Crippen LogP) is 11.6. The standard InChI is InChI=1S/C48H30N4O2/c1-29-24-31(28-49)12-20-38(29)34-15-21-40-41-22-16-35(39-23-17-36(50-3)25-30(39)2)27-45(41)52(44(40)26-34)43-11-7-10-42-46(43)48(54)51(47(42)53)37-18-13-33(14-19-37)32-8-5-4-6-9-32/h4-27H,1-2H3. The Morgan fingerprint density at radius 1 is 0.574 bits per heavy atom. The number of nitrogens with zero attached hydrogens (tertiary/aromatic N) is 4. The number of anilines is 1. The average Bonchev–Trinajstić information content (AvgIpc) is 3.67. The second-order valence-corrected chi connectivity index (χ2v) is 13.6. The maximum absolute atomic E-state index is 14.6. The predicted molar refractivity (Wildman–Crippen MR) is 215 cm³/mol. The van der Waals surface area contributed by atoms with Crippen LogP contribution in [0.1, 0.15) is 37.4 Å². The molecule has 54 heavy (non-hydrogen) atoms. The van der Waals surface area contributed by atoms with Crippen molar-refractivity contribution < 1.29 is 9.59 Å². The van der Waals surface area contributed by atoms with Gasteiger partial charge in [0.05, 0.1) is 51.7 Å². The van der Waals surface area contributed by atoms with Crippen molar-refractivity contribution in [2.24, 2.45) is 0 Å². The van der Waals surface area contributed by atoms with E-state index in [9.17, 15) is 14.9 Å². The van der Waals surface area contributed by atoms with Crippen LogP contribution in [0.15, 0.2) is 146 Å². The maximum atomic E-state index is 14.6.